The summed E-state index contributed by atoms with van der Waals surface area (Å²) in [6, 6.07) is 6.55. The first-order valence-electron chi connectivity index (χ1n) is 11.6. The molecular weight excluding hydrogens is 514 g/mol. The van der Waals surface area contributed by atoms with Gasteiger partial charge >= 0.3 is 0 Å². The van der Waals surface area contributed by atoms with E-state index in [4.69, 9.17) is 16.3 Å². The lowest BCUT2D eigenvalue weighted by molar-refractivity contribution is -0.125. The normalized spacial score (nSPS) is 16.9. The number of morpholine rings is 1. The number of alkyl halides is 2. The summed E-state index contributed by atoms with van der Waals surface area (Å²) >= 11 is 7.03. The highest BCUT2D eigenvalue weighted by Crippen LogP contribution is 2.33. The van der Waals surface area contributed by atoms with Crippen LogP contribution in [0.25, 0.3) is 0 Å². The van der Waals surface area contributed by atoms with E-state index in [1.165, 1.54) is 23.1 Å². The van der Waals surface area contributed by atoms with E-state index in [0.29, 0.717) is 34.0 Å². The van der Waals surface area contributed by atoms with Gasteiger partial charge in [0.2, 0.25) is 5.91 Å². The molecule has 1 aliphatic carbocycles. The Morgan fingerprint density at radius 2 is 2.06 bits per heavy atom. The van der Waals surface area contributed by atoms with Crippen molar-refractivity contribution in [1.29, 1.82) is 0 Å². The number of hydrogen-bond donors (Lipinski definition) is 2. The number of amides is 3. The number of likely N-dealkylation sites (N-methyl/N-ethyl adjacent to an activating group) is 1. The molecule has 2 N–H and O–H groups in total. The number of rotatable bonds is 10. The van der Waals surface area contributed by atoms with E-state index in [1.54, 1.807) is 19.2 Å². The summed E-state index contributed by atoms with van der Waals surface area (Å²) < 4.78 is 33.5. The van der Waals surface area contributed by atoms with Crippen molar-refractivity contribution in [2.24, 2.45) is 5.92 Å². The van der Waals surface area contributed by atoms with E-state index < -0.39 is 18.4 Å². The van der Waals surface area contributed by atoms with Crippen molar-refractivity contribution in [2.75, 3.05) is 50.1 Å². The Morgan fingerprint density at radius 3 is 2.69 bits per heavy atom. The number of nitrogens with zero attached hydrogens (tertiary/aromatic N) is 2. The van der Waals surface area contributed by atoms with E-state index in [1.807, 2.05) is 4.90 Å². The molecule has 0 radical (unpaired) electrons. The molecule has 12 heteroatoms. The number of carbonyl (C=O) groups is 3. The topological polar surface area (TPSA) is 91.0 Å². The highest BCUT2D eigenvalue weighted by atomic mass is 35.5. The van der Waals surface area contributed by atoms with Crippen LogP contribution in [0.4, 0.5) is 20.2 Å². The number of ether oxygens (including phenoxy) is 1. The van der Waals surface area contributed by atoms with Crippen LogP contribution in [-0.4, -0.2) is 68.6 Å². The Hall–Kier alpha value is -2.60. The summed E-state index contributed by atoms with van der Waals surface area (Å²) in [5.41, 5.74) is -0.109. The van der Waals surface area contributed by atoms with E-state index >= 15 is 0 Å². The van der Waals surface area contributed by atoms with Gasteiger partial charge in [-0.25, -0.2) is 8.78 Å². The molecule has 2 fully saturated rings. The molecule has 0 spiro atoms. The Morgan fingerprint density at radius 1 is 1.28 bits per heavy atom. The van der Waals surface area contributed by atoms with Crippen molar-refractivity contribution in [3.63, 3.8) is 0 Å². The quantitative estimate of drug-likeness (QED) is 0.478. The summed E-state index contributed by atoms with van der Waals surface area (Å²) in [6.45, 7) is 1.11. The van der Waals surface area contributed by atoms with Gasteiger partial charge in [-0.1, -0.05) is 11.6 Å². The summed E-state index contributed by atoms with van der Waals surface area (Å²) in [7, 11) is 1.78. The first-order chi connectivity index (χ1) is 17.2. The molecule has 4 rings (SSSR count). The number of benzene rings is 1. The molecule has 1 aliphatic heterocycles. The lowest BCUT2D eigenvalue weighted by Crippen LogP contribution is -2.49. The monoisotopic (exact) mass is 540 g/mol. The average molecular weight is 541 g/mol. The van der Waals surface area contributed by atoms with Crippen LogP contribution in [0.3, 0.4) is 0 Å². The third kappa shape index (κ3) is 6.58. The molecule has 1 aromatic heterocycles. The van der Waals surface area contributed by atoms with Crippen LogP contribution in [0.2, 0.25) is 4.34 Å². The maximum Gasteiger partial charge on any atom is 0.265 e. The predicted molar refractivity (Wildman–Crippen MR) is 134 cm³/mol. The summed E-state index contributed by atoms with van der Waals surface area (Å²) in [6.07, 6.45) is -0.742. The van der Waals surface area contributed by atoms with E-state index in [9.17, 15) is 23.2 Å². The first kappa shape index (κ1) is 26.5. The number of halogens is 3. The van der Waals surface area contributed by atoms with E-state index in [0.717, 1.165) is 24.2 Å². The second-order valence-corrected chi connectivity index (χ2v) is 10.6. The molecule has 1 aromatic carbocycles. The van der Waals surface area contributed by atoms with Gasteiger partial charge in [0.25, 0.3) is 18.2 Å². The van der Waals surface area contributed by atoms with Crippen LogP contribution in [0.15, 0.2) is 30.3 Å². The zero-order valence-electron chi connectivity index (χ0n) is 19.6. The van der Waals surface area contributed by atoms with Gasteiger partial charge in [0.1, 0.15) is 12.6 Å². The van der Waals surface area contributed by atoms with Crippen molar-refractivity contribution >= 4 is 52.0 Å². The van der Waals surface area contributed by atoms with Gasteiger partial charge in [0, 0.05) is 36.6 Å². The van der Waals surface area contributed by atoms with Crippen molar-refractivity contribution < 1.29 is 27.9 Å². The van der Waals surface area contributed by atoms with Gasteiger partial charge in [0.15, 0.2) is 0 Å². The molecule has 1 atom stereocenters. The van der Waals surface area contributed by atoms with Gasteiger partial charge in [-0.15, -0.1) is 11.3 Å². The zero-order chi connectivity index (χ0) is 25.8. The smallest absolute Gasteiger partial charge is 0.265 e. The Labute approximate surface area is 216 Å². The van der Waals surface area contributed by atoms with Crippen LogP contribution in [0.1, 0.15) is 34.5 Å². The first-order valence-corrected chi connectivity index (χ1v) is 12.8. The summed E-state index contributed by atoms with van der Waals surface area (Å²) in [5.74, 6) is -0.723. The van der Waals surface area contributed by atoms with Crippen LogP contribution < -0.4 is 15.5 Å². The number of carbonyl (C=O) groups excluding carboxylic acids is 3. The van der Waals surface area contributed by atoms with Gasteiger partial charge < -0.3 is 20.3 Å². The molecule has 3 amide bonds. The van der Waals surface area contributed by atoms with Crippen LogP contribution >= 0.6 is 22.9 Å². The second kappa shape index (κ2) is 11.6. The number of anilines is 2. The lowest BCUT2D eigenvalue weighted by atomic mass is 10.1. The molecule has 194 valence electrons. The molecule has 2 heterocycles. The standard InChI is InChI=1S/C24H27ClF2N4O4S/c1-30(12-14-2-3-14)18(11-28-24(34)19-6-7-20(25)36-19)23(33)29-17-5-4-15(10-16(17)22(26)27)31-8-9-35-13-21(31)32/h4-7,10,14,18,22H,2-3,8-9,11-13H2,1H3,(H,28,34)(H,29,33)/t18-/m1/s1. The van der Waals surface area contributed by atoms with Crippen molar-refractivity contribution in [1.82, 2.24) is 10.2 Å². The van der Waals surface area contributed by atoms with E-state index in [-0.39, 0.29) is 42.8 Å². The Kier molecular flexibility index (Phi) is 8.55. The lowest BCUT2D eigenvalue weighted by Gasteiger charge is -2.29. The predicted octanol–water partition coefficient (Wildman–Crippen LogP) is 3.78. The fourth-order valence-corrected chi connectivity index (χ4v) is 4.98. The maximum absolute atomic E-state index is 13.9. The minimum absolute atomic E-state index is 0.00617. The fourth-order valence-electron chi connectivity index (χ4n) is 4.02. The highest BCUT2D eigenvalue weighted by Gasteiger charge is 2.31. The third-order valence-electron chi connectivity index (χ3n) is 6.16. The van der Waals surface area contributed by atoms with Crippen LogP contribution in [0, 0.1) is 5.92 Å². The number of thiophene rings is 1. The molecule has 2 aromatic rings. The van der Waals surface area contributed by atoms with Crippen molar-refractivity contribution in [2.45, 2.75) is 25.3 Å². The molecule has 0 unspecified atom stereocenters. The van der Waals surface area contributed by atoms with Crippen LogP contribution in [-0.2, 0) is 14.3 Å². The molecule has 1 saturated carbocycles. The number of hydrogen-bond acceptors (Lipinski definition) is 6. The van der Waals surface area contributed by atoms with Crippen LogP contribution in [0.5, 0.6) is 0 Å². The largest absolute Gasteiger partial charge is 0.370 e. The Balaban J connectivity index is 1.50. The zero-order valence-corrected chi connectivity index (χ0v) is 21.2. The highest BCUT2D eigenvalue weighted by molar-refractivity contribution is 7.18. The van der Waals surface area contributed by atoms with Gasteiger partial charge in [-0.05, 0) is 56.1 Å². The van der Waals surface area contributed by atoms with Gasteiger partial charge in [-0.2, -0.15) is 0 Å². The summed E-state index contributed by atoms with van der Waals surface area (Å²) in [5, 5.41) is 5.37. The van der Waals surface area contributed by atoms with Gasteiger partial charge in [0.05, 0.1) is 15.8 Å². The molecule has 36 heavy (non-hydrogen) atoms. The minimum Gasteiger partial charge on any atom is -0.370 e. The molecular formula is C24H27ClF2N4O4S. The van der Waals surface area contributed by atoms with Crippen molar-refractivity contribution in [3.8, 4) is 0 Å². The molecule has 8 nitrogen and oxygen atoms in total. The summed E-state index contributed by atoms with van der Waals surface area (Å²) in [4.78, 5) is 41.5. The fraction of sp³-hybridized carbons (Fsp3) is 0.458. The third-order valence-corrected chi connectivity index (χ3v) is 7.39. The second-order valence-electron chi connectivity index (χ2n) is 8.87. The molecule has 0 bridgehead atoms. The average Bonchev–Trinajstić information content (AvgIpc) is 3.55. The van der Waals surface area contributed by atoms with E-state index in [2.05, 4.69) is 10.6 Å². The van der Waals surface area contributed by atoms with Gasteiger partial charge in [-0.3, -0.25) is 19.3 Å². The SMILES string of the molecule is CN(CC1CC1)[C@H](CNC(=O)c1ccc(Cl)s1)C(=O)Nc1ccc(N2CCOCC2=O)cc1C(F)F. The maximum atomic E-state index is 13.9. The minimum atomic E-state index is -2.87. The number of nitrogens with one attached hydrogen (secondary N) is 2. The van der Waals surface area contributed by atoms with Crippen molar-refractivity contribution in [3.05, 3.63) is 45.1 Å². The Bertz CT molecular complexity index is 1130. The molecule has 2 aliphatic rings. The molecule has 1 saturated heterocycles.